The second-order valence-electron chi connectivity index (χ2n) is 5.52. The van der Waals surface area contributed by atoms with Crippen LogP contribution in [0.1, 0.15) is 17.2 Å². The van der Waals surface area contributed by atoms with E-state index in [4.69, 9.17) is 37.8 Å². The second-order valence-corrected chi connectivity index (χ2v) is 7.19. The summed E-state index contributed by atoms with van der Waals surface area (Å²) in [6, 6.07) is 5.34. The van der Waals surface area contributed by atoms with E-state index in [1.807, 2.05) is 12.1 Å². The molecule has 0 unspecified atom stereocenters. The number of nitrogens with zero attached hydrogens (tertiary/aromatic N) is 1. The average molecular weight is 396 g/mol. The van der Waals surface area contributed by atoms with E-state index in [0.29, 0.717) is 43.9 Å². The standard InChI is InChI=1S/C17H11Cl2NO4S/c18-10-5-11(24-12-6-23-17-9(12)2-1-3-20-17)15(19)16-14(10)8(7-25-16)4-13(21)22/h1-3,5,7,12H,4,6H2,(H,21,22)/t12-/m1/s1. The summed E-state index contributed by atoms with van der Waals surface area (Å²) in [7, 11) is 0. The summed E-state index contributed by atoms with van der Waals surface area (Å²) < 4.78 is 12.2. The number of hydrogen-bond donors (Lipinski definition) is 1. The van der Waals surface area contributed by atoms with Gasteiger partial charge >= 0.3 is 5.97 Å². The first kappa shape index (κ1) is 16.4. The van der Waals surface area contributed by atoms with Crippen molar-refractivity contribution in [2.24, 2.45) is 0 Å². The van der Waals surface area contributed by atoms with Gasteiger partial charge in [-0.25, -0.2) is 4.98 Å². The normalized spacial score (nSPS) is 15.8. The molecule has 2 aromatic heterocycles. The number of rotatable bonds is 4. The van der Waals surface area contributed by atoms with E-state index in [-0.39, 0.29) is 12.5 Å². The molecular weight excluding hydrogens is 385 g/mol. The highest BCUT2D eigenvalue weighted by atomic mass is 35.5. The van der Waals surface area contributed by atoms with Gasteiger partial charge in [0.25, 0.3) is 0 Å². The van der Waals surface area contributed by atoms with Gasteiger partial charge in [0.05, 0.1) is 21.7 Å². The number of carbonyl (C=O) groups is 1. The van der Waals surface area contributed by atoms with Crippen molar-refractivity contribution < 1.29 is 19.4 Å². The Kier molecular flexibility index (Phi) is 4.19. The number of carboxylic acid groups (broad SMARTS) is 1. The van der Waals surface area contributed by atoms with Crippen LogP contribution in [0.4, 0.5) is 0 Å². The predicted octanol–water partition coefficient (Wildman–Crippen LogP) is 4.74. The molecule has 1 aliphatic rings. The molecule has 1 atom stereocenters. The molecule has 0 saturated carbocycles. The topological polar surface area (TPSA) is 68.7 Å². The smallest absolute Gasteiger partial charge is 0.307 e. The zero-order chi connectivity index (χ0) is 17.6. The van der Waals surface area contributed by atoms with Gasteiger partial charge in [0.1, 0.15) is 17.4 Å². The molecule has 3 aromatic rings. The van der Waals surface area contributed by atoms with Gasteiger partial charge in [-0.1, -0.05) is 23.2 Å². The van der Waals surface area contributed by atoms with Crippen molar-refractivity contribution >= 4 is 50.6 Å². The molecule has 1 aliphatic heterocycles. The van der Waals surface area contributed by atoms with Gasteiger partial charge < -0.3 is 14.6 Å². The van der Waals surface area contributed by atoms with E-state index >= 15 is 0 Å². The molecule has 3 heterocycles. The molecule has 0 amide bonds. The van der Waals surface area contributed by atoms with Crippen LogP contribution >= 0.6 is 34.5 Å². The summed E-state index contributed by atoms with van der Waals surface area (Å²) >= 11 is 14.2. The van der Waals surface area contributed by atoms with Gasteiger partial charge in [-0.3, -0.25) is 4.79 Å². The largest absolute Gasteiger partial charge is 0.481 e. The highest BCUT2D eigenvalue weighted by molar-refractivity contribution is 7.18. The monoisotopic (exact) mass is 395 g/mol. The highest BCUT2D eigenvalue weighted by Crippen LogP contribution is 2.45. The maximum absolute atomic E-state index is 11.0. The number of ether oxygens (including phenoxy) is 2. The molecule has 0 bridgehead atoms. The summed E-state index contributed by atoms with van der Waals surface area (Å²) in [5.41, 5.74) is 1.50. The molecule has 5 nitrogen and oxygen atoms in total. The molecule has 8 heteroatoms. The maximum Gasteiger partial charge on any atom is 0.307 e. The predicted molar refractivity (Wildman–Crippen MR) is 96.3 cm³/mol. The quantitative estimate of drug-likeness (QED) is 0.690. The number of carboxylic acids is 1. The Hall–Kier alpha value is -2.02. The van der Waals surface area contributed by atoms with E-state index < -0.39 is 5.97 Å². The maximum atomic E-state index is 11.0. The van der Waals surface area contributed by atoms with Crippen LogP contribution in [-0.2, 0) is 11.2 Å². The zero-order valence-corrected chi connectivity index (χ0v) is 15.0. The van der Waals surface area contributed by atoms with Crippen LogP contribution in [-0.4, -0.2) is 22.7 Å². The number of aromatic nitrogens is 1. The summed E-state index contributed by atoms with van der Waals surface area (Å²) in [6.07, 6.45) is 1.23. The van der Waals surface area contributed by atoms with E-state index in [2.05, 4.69) is 4.98 Å². The van der Waals surface area contributed by atoms with Crippen molar-refractivity contribution in [3.05, 3.63) is 50.9 Å². The van der Waals surface area contributed by atoms with Crippen LogP contribution in [0.5, 0.6) is 11.6 Å². The molecule has 4 rings (SSSR count). The minimum absolute atomic E-state index is 0.105. The molecule has 128 valence electrons. The van der Waals surface area contributed by atoms with Crippen LogP contribution < -0.4 is 9.47 Å². The molecule has 0 fully saturated rings. The van der Waals surface area contributed by atoms with Crippen LogP contribution in [0.3, 0.4) is 0 Å². The van der Waals surface area contributed by atoms with Gasteiger partial charge in [-0.05, 0) is 23.1 Å². The lowest BCUT2D eigenvalue weighted by Crippen LogP contribution is -2.09. The van der Waals surface area contributed by atoms with E-state index in [0.717, 1.165) is 5.56 Å². The van der Waals surface area contributed by atoms with Crippen molar-refractivity contribution in [3.8, 4) is 11.6 Å². The van der Waals surface area contributed by atoms with E-state index in [9.17, 15) is 4.79 Å². The van der Waals surface area contributed by atoms with Crippen molar-refractivity contribution in [1.82, 2.24) is 4.98 Å². The Labute approximate surface area is 156 Å². The summed E-state index contributed by atoms with van der Waals surface area (Å²) in [5, 5.41) is 12.3. The minimum Gasteiger partial charge on any atom is -0.481 e. The van der Waals surface area contributed by atoms with E-state index in [1.165, 1.54) is 11.3 Å². The third-order valence-corrected chi connectivity index (χ3v) is 5.74. The van der Waals surface area contributed by atoms with E-state index in [1.54, 1.807) is 17.6 Å². The summed E-state index contributed by atoms with van der Waals surface area (Å²) in [6.45, 7) is 0.340. The number of pyridine rings is 1. The Morgan fingerprint density at radius 1 is 1.48 bits per heavy atom. The van der Waals surface area contributed by atoms with Crippen molar-refractivity contribution in [1.29, 1.82) is 0 Å². The van der Waals surface area contributed by atoms with Gasteiger partial charge in [0.15, 0.2) is 6.10 Å². The van der Waals surface area contributed by atoms with Crippen LogP contribution in [0.2, 0.25) is 10.0 Å². The fourth-order valence-electron chi connectivity index (χ4n) is 2.82. The lowest BCUT2D eigenvalue weighted by atomic mass is 10.1. The van der Waals surface area contributed by atoms with Gasteiger partial charge in [0.2, 0.25) is 5.88 Å². The molecule has 0 spiro atoms. The van der Waals surface area contributed by atoms with Crippen molar-refractivity contribution in [2.45, 2.75) is 12.5 Å². The molecule has 1 N–H and O–H groups in total. The van der Waals surface area contributed by atoms with Gasteiger partial charge in [0, 0.05) is 17.6 Å². The van der Waals surface area contributed by atoms with Gasteiger partial charge in [-0.15, -0.1) is 11.3 Å². The summed E-state index contributed by atoms with van der Waals surface area (Å²) in [5.74, 6) is 0.0725. The number of thiophene rings is 1. The summed E-state index contributed by atoms with van der Waals surface area (Å²) in [4.78, 5) is 15.2. The highest BCUT2D eigenvalue weighted by Gasteiger charge is 2.28. The second kappa shape index (κ2) is 6.37. The molecular formula is C17H11Cl2NO4S. The SMILES string of the molecule is O=C(O)Cc1csc2c(Cl)c(O[C@@H]3COc4ncccc43)cc(Cl)c12. The van der Waals surface area contributed by atoms with Crippen LogP contribution in [0, 0.1) is 0 Å². The Bertz CT molecular complexity index is 988. The Morgan fingerprint density at radius 3 is 3.12 bits per heavy atom. The Balaban J connectivity index is 1.72. The third kappa shape index (κ3) is 2.90. The van der Waals surface area contributed by atoms with Crippen molar-refractivity contribution in [2.75, 3.05) is 6.61 Å². The molecule has 0 aliphatic carbocycles. The third-order valence-electron chi connectivity index (χ3n) is 3.91. The first-order valence-electron chi connectivity index (χ1n) is 7.39. The number of hydrogen-bond acceptors (Lipinski definition) is 5. The fourth-order valence-corrected chi connectivity index (χ4v) is 4.54. The number of aliphatic carboxylic acids is 1. The van der Waals surface area contributed by atoms with Crippen molar-refractivity contribution in [3.63, 3.8) is 0 Å². The minimum atomic E-state index is -0.917. The molecule has 0 saturated heterocycles. The molecule has 1 aromatic carbocycles. The zero-order valence-electron chi connectivity index (χ0n) is 12.7. The van der Waals surface area contributed by atoms with Crippen LogP contribution in [0.15, 0.2) is 29.8 Å². The number of benzene rings is 1. The first-order valence-corrected chi connectivity index (χ1v) is 9.02. The number of fused-ring (bicyclic) bond motifs is 2. The molecule has 25 heavy (non-hydrogen) atoms. The Morgan fingerprint density at radius 2 is 2.32 bits per heavy atom. The van der Waals surface area contributed by atoms with Crippen LogP contribution in [0.25, 0.3) is 10.1 Å². The first-order chi connectivity index (χ1) is 12.0. The molecule has 0 radical (unpaired) electrons. The number of halogens is 2. The lowest BCUT2D eigenvalue weighted by molar-refractivity contribution is -0.136. The van der Waals surface area contributed by atoms with Gasteiger partial charge in [-0.2, -0.15) is 0 Å². The average Bonchev–Trinajstić information content (AvgIpc) is 3.17. The lowest BCUT2D eigenvalue weighted by Gasteiger charge is -2.15. The fraction of sp³-hybridized carbons (Fsp3) is 0.176.